The van der Waals surface area contributed by atoms with E-state index in [0.29, 0.717) is 11.0 Å². The normalized spacial score (nSPS) is 10.4. The third-order valence-electron chi connectivity index (χ3n) is 3.06. The Balaban J connectivity index is 1.72. The molecule has 116 valence electrons. The fourth-order valence-corrected chi connectivity index (χ4v) is 1.93. The van der Waals surface area contributed by atoms with E-state index in [9.17, 15) is 9.59 Å². The SMILES string of the molecule is NC(=O)c1ccc2nnn(OC(=O)OCc3ccccc3)c2c1. The van der Waals surface area contributed by atoms with Gasteiger partial charge in [-0.1, -0.05) is 35.2 Å². The fraction of sp³-hybridized carbons (Fsp3) is 0.0667. The Bertz CT molecular complexity index is 860. The number of hydrogen-bond acceptors (Lipinski definition) is 6. The molecule has 2 N–H and O–H groups in total. The van der Waals surface area contributed by atoms with Crippen molar-refractivity contribution in [3.8, 4) is 0 Å². The Labute approximate surface area is 130 Å². The molecule has 2 aromatic carbocycles. The van der Waals surface area contributed by atoms with Crippen LogP contribution in [0.5, 0.6) is 0 Å². The Kier molecular flexibility index (Phi) is 3.88. The molecule has 8 nitrogen and oxygen atoms in total. The number of ether oxygens (including phenoxy) is 1. The highest BCUT2D eigenvalue weighted by molar-refractivity contribution is 5.96. The zero-order chi connectivity index (χ0) is 16.2. The van der Waals surface area contributed by atoms with Crippen molar-refractivity contribution >= 4 is 23.1 Å². The zero-order valence-electron chi connectivity index (χ0n) is 11.9. The van der Waals surface area contributed by atoms with E-state index in [-0.39, 0.29) is 12.2 Å². The smallest absolute Gasteiger partial charge is 0.428 e. The van der Waals surface area contributed by atoms with Gasteiger partial charge < -0.3 is 10.5 Å². The first-order valence-electron chi connectivity index (χ1n) is 6.68. The van der Waals surface area contributed by atoms with Crippen LogP contribution in [0.4, 0.5) is 4.79 Å². The molecular formula is C15H12N4O4. The first-order valence-corrected chi connectivity index (χ1v) is 6.68. The molecule has 23 heavy (non-hydrogen) atoms. The van der Waals surface area contributed by atoms with E-state index < -0.39 is 12.1 Å². The van der Waals surface area contributed by atoms with Crippen molar-refractivity contribution in [2.45, 2.75) is 6.61 Å². The largest absolute Gasteiger partial charge is 0.535 e. The summed E-state index contributed by atoms with van der Waals surface area (Å²) >= 11 is 0. The van der Waals surface area contributed by atoms with E-state index in [1.54, 1.807) is 6.07 Å². The van der Waals surface area contributed by atoms with Crippen molar-refractivity contribution in [2.24, 2.45) is 5.73 Å². The Morgan fingerprint density at radius 1 is 1.13 bits per heavy atom. The van der Waals surface area contributed by atoms with E-state index in [2.05, 4.69) is 10.3 Å². The standard InChI is InChI=1S/C15H12N4O4/c16-14(20)11-6-7-12-13(8-11)19(18-17-12)23-15(21)22-9-10-4-2-1-3-5-10/h1-8H,9H2,(H2,16,20). The molecule has 0 atom stereocenters. The summed E-state index contributed by atoms with van der Waals surface area (Å²) in [4.78, 5) is 28.8. The Morgan fingerprint density at radius 3 is 2.65 bits per heavy atom. The average Bonchev–Trinajstić information content (AvgIpc) is 2.96. The maximum atomic E-state index is 11.7. The first kappa shape index (κ1) is 14.5. The van der Waals surface area contributed by atoms with E-state index >= 15 is 0 Å². The van der Waals surface area contributed by atoms with Crippen LogP contribution < -0.4 is 10.6 Å². The highest BCUT2D eigenvalue weighted by atomic mass is 16.8. The van der Waals surface area contributed by atoms with Crippen molar-refractivity contribution in [3.05, 3.63) is 59.7 Å². The summed E-state index contributed by atoms with van der Waals surface area (Å²) in [7, 11) is 0. The Hall–Kier alpha value is -3.42. The molecule has 0 fully saturated rings. The molecule has 0 radical (unpaired) electrons. The second kappa shape index (κ2) is 6.14. The number of hydrogen-bond donors (Lipinski definition) is 1. The lowest BCUT2D eigenvalue weighted by atomic mass is 10.2. The van der Waals surface area contributed by atoms with Gasteiger partial charge >= 0.3 is 6.16 Å². The van der Waals surface area contributed by atoms with Gasteiger partial charge in [-0.25, -0.2) is 4.79 Å². The van der Waals surface area contributed by atoms with Crippen LogP contribution >= 0.6 is 0 Å². The first-order chi connectivity index (χ1) is 11.1. The summed E-state index contributed by atoms with van der Waals surface area (Å²) in [5.41, 5.74) is 7.07. The van der Waals surface area contributed by atoms with Crippen LogP contribution in [-0.2, 0) is 11.3 Å². The molecule has 0 aliphatic rings. The van der Waals surface area contributed by atoms with E-state index in [0.717, 1.165) is 10.4 Å². The second-order valence-corrected chi connectivity index (χ2v) is 4.65. The van der Waals surface area contributed by atoms with Gasteiger partial charge in [-0.2, -0.15) is 0 Å². The monoisotopic (exact) mass is 312 g/mol. The van der Waals surface area contributed by atoms with Gasteiger partial charge in [0.15, 0.2) is 0 Å². The lowest BCUT2D eigenvalue weighted by Gasteiger charge is -2.05. The van der Waals surface area contributed by atoms with Gasteiger partial charge in [0.2, 0.25) is 5.91 Å². The molecule has 8 heteroatoms. The van der Waals surface area contributed by atoms with Gasteiger partial charge in [0.25, 0.3) is 0 Å². The Morgan fingerprint density at radius 2 is 1.91 bits per heavy atom. The van der Waals surface area contributed by atoms with Gasteiger partial charge in [0.05, 0.1) is 0 Å². The average molecular weight is 312 g/mol. The molecular weight excluding hydrogens is 300 g/mol. The molecule has 0 saturated carbocycles. The van der Waals surface area contributed by atoms with Crippen molar-refractivity contribution < 1.29 is 19.2 Å². The number of fused-ring (bicyclic) bond motifs is 1. The van der Waals surface area contributed by atoms with Crippen LogP contribution in [0.2, 0.25) is 0 Å². The van der Waals surface area contributed by atoms with Crippen LogP contribution in [0.3, 0.4) is 0 Å². The number of nitrogens with zero attached hydrogens (tertiary/aromatic N) is 3. The van der Waals surface area contributed by atoms with Crippen molar-refractivity contribution in [1.29, 1.82) is 0 Å². The molecule has 0 spiro atoms. The number of rotatable bonds is 4. The molecule has 0 unspecified atom stereocenters. The van der Waals surface area contributed by atoms with Crippen molar-refractivity contribution in [3.63, 3.8) is 0 Å². The molecule has 3 aromatic rings. The van der Waals surface area contributed by atoms with Crippen LogP contribution in [0, 0.1) is 0 Å². The number of nitrogens with two attached hydrogens (primary N) is 1. The molecule has 0 aliphatic heterocycles. The third-order valence-corrected chi connectivity index (χ3v) is 3.06. The lowest BCUT2D eigenvalue weighted by Crippen LogP contribution is -2.22. The molecule has 1 amide bonds. The summed E-state index contributed by atoms with van der Waals surface area (Å²) in [6.07, 6.45) is -0.940. The predicted octanol–water partition coefficient (Wildman–Crippen LogP) is 1.30. The molecule has 0 bridgehead atoms. The summed E-state index contributed by atoms with van der Waals surface area (Å²) < 4.78 is 4.99. The maximum Gasteiger partial charge on any atom is 0.535 e. The topological polar surface area (TPSA) is 109 Å². The second-order valence-electron chi connectivity index (χ2n) is 4.65. The lowest BCUT2D eigenvalue weighted by molar-refractivity contribution is 0.0347. The summed E-state index contributed by atoms with van der Waals surface area (Å²) in [5, 5.41) is 7.50. The number of benzene rings is 2. The minimum absolute atomic E-state index is 0.0683. The molecule has 1 heterocycles. The minimum atomic E-state index is -0.940. The molecule has 1 aromatic heterocycles. The van der Waals surface area contributed by atoms with E-state index in [1.165, 1.54) is 12.1 Å². The fourth-order valence-electron chi connectivity index (χ4n) is 1.93. The van der Waals surface area contributed by atoms with E-state index in [4.69, 9.17) is 15.3 Å². The van der Waals surface area contributed by atoms with Crippen LogP contribution in [0.25, 0.3) is 11.0 Å². The predicted molar refractivity (Wildman–Crippen MR) is 79.3 cm³/mol. The quantitative estimate of drug-likeness (QED) is 0.574. The van der Waals surface area contributed by atoms with Crippen molar-refractivity contribution in [1.82, 2.24) is 15.2 Å². The third kappa shape index (κ3) is 3.26. The van der Waals surface area contributed by atoms with E-state index in [1.807, 2.05) is 30.3 Å². The maximum absolute atomic E-state index is 11.7. The van der Waals surface area contributed by atoms with Crippen LogP contribution in [0.1, 0.15) is 15.9 Å². The minimum Gasteiger partial charge on any atom is -0.428 e. The highest BCUT2D eigenvalue weighted by Crippen LogP contribution is 2.12. The van der Waals surface area contributed by atoms with Crippen molar-refractivity contribution in [2.75, 3.05) is 0 Å². The summed E-state index contributed by atoms with van der Waals surface area (Å²) in [6.45, 7) is 0.0683. The number of aromatic nitrogens is 3. The number of primary amides is 1. The van der Waals surface area contributed by atoms with Gasteiger partial charge in [0.1, 0.15) is 17.6 Å². The molecule has 0 aliphatic carbocycles. The van der Waals surface area contributed by atoms with Gasteiger partial charge in [-0.15, -0.1) is 5.10 Å². The molecule has 3 rings (SSSR count). The summed E-state index contributed by atoms with van der Waals surface area (Å²) in [6, 6.07) is 13.7. The van der Waals surface area contributed by atoms with Crippen LogP contribution in [0.15, 0.2) is 48.5 Å². The number of carbonyl (C=O) groups is 2. The highest BCUT2D eigenvalue weighted by Gasteiger charge is 2.13. The van der Waals surface area contributed by atoms with Gasteiger partial charge in [0, 0.05) is 5.56 Å². The summed E-state index contributed by atoms with van der Waals surface area (Å²) in [5.74, 6) is -0.605. The van der Waals surface area contributed by atoms with Gasteiger partial charge in [-0.05, 0) is 29.0 Å². The zero-order valence-corrected chi connectivity index (χ0v) is 11.9. The van der Waals surface area contributed by atoms with Gasteiger partial charge in [-0.3, -0.25) is 9.63 Å². The number of amides is 1. The van der Waals surface area contributed by atoms with Crippen LogP contribution in [-0.4, -0.2) is 27.2 Å². The number of carbonyl (C=O) groups excluding carboxylic acids is 2. The molecule has 0 saturated heterocycles.